The van der Waals surface area contributed by atoms with E-state index in [1.165, 1.54) is 6.07 Å². The van der Waals surface area contributed by atoms with Crippen molar-refractivity contribution in [3.63, 3.8) is 0 Å². The normalized spacial score (nSPS) is 10.2. The van der Waals surface area contributed by atoms with Crippen LogP contribution < -0.4 is 4.74 Å². The summed E-state index contributed by atoms with van der Waals surface area (Å²) in [6.45, 7) is -3.10. The van der Waals surface area contributed by atoms with Gasteiger partial charge in [0.15, 0.2) is 0 Å². The molecule has 0 aliphatic carbocycles. The molecule has 1 aromatic carbocycles. The highest BCUT2D eigenvalue weighted by Gasteiger charge is 2.17. The molecule has 0 atom stereocenters. The van der Waals surface area contributed by atoms with E-state index in [1.807, 2.05) is 0 Å². The van der Waals surface area contributed by atoms with Crippen LogP contribution in [0.3, 0.4) is 0 Å². The van der Waals surface area contributed by atoms with Crippen LogP contribution >= 0.6 is 11.6 Å². The maximum absolute atomic E-state index is 12.2. The Morgan fingerprint density at radius 1 is 1.56 bits per heavy atom. The lowest BCUT2D eigenvalue weighted by Crippen LogP contribution is -2.10. The summed E-state index contributed by atoms with van der Waals surface area (Å²) >= 11 is 5.61. The SMILES string of the molecule is N#Cc1cc(CCl)c(CC(=O)O)c(OC(F)F)c1. The number of alkyl halides is 3. The molecule has 0 aromatic heterocycles. The number of carboxylic acids is 1. The summed E-state index contributed by atoms with van der Waals surface area (Å²) in [7, 11) is 0. The lowest BCUT2D eigenvalue weighted by Gasteiger charge is -2.13. The topological polar surface area (TPSA) is 70.3 Å². The van der Waals surface area contributed by atoms with Crippen LogP contribution in [0.2, 0.25) is 0 Å². The molecule has 1 aromatic rings. The largest absolute Gasteiger partial charge is 0.481 e. The fourth-order valence-electron chi connectivity index (χ4n) is 1.44. The molecule has 0 bridgehead atoms. The van der Waals surface area contributed by atoms with Crippen molar-refractivity contribution < 1.29 is 23.4 Å². The lowest BCUT2D eigenvalue weighted by atomic mass is 10.0. The van der Waals surface area contributed by atoms with Gasteiger partial charge in [-0.2, -0.15) is 14.0 Å². The van der Waals surface area contributed by atoms with E-state index < -0.39 is 19.0 Å². The maximum Gasteiger partial charge on any atom is 0.387 e. The molecule has 7 heteroatoms. The Hall–Kier alpha value is -1.87. The van der Waals surface area contributed by atoms with Crippen LogP contribution in [0.4, 0.5) is 8.78 Å². The Labute approximate surface area is 106 Å². The zero-order valence-electron chi connectivity index (χ0n) is 8.99. The van der Waals surface area contributed by atoms with Crippen LogP contribution in [0.25, 0.3) is 0 Å². The van der Waals surface area contributed by atoms with E-state index in [0.717, 1.165) is 6.07 Å². The second-order valence-electron chi connectivity index (χ2n) is 3.31. The standard InChI is InChI=1S/C11H8ClF2NO3/c12-4-7-1-6(5-15)2-9(18-11(13)14)8(7)3-10(16)17/h1-2,11H,3-4H2,(H,16,17). The zero-order chi connectivity index (χ0) is 13.7. The van der Waals surface area contributed by atoms with Gasteiger partial charge in [-0.25, -0.2) is 0 Å². The molecule has 0 heterocycles. The highest BCUT2D eigenvalue weighted by atomic mass is 35.5. The van der Waals surface area contributed by atoms with Gasteiger partial charge in [0.25, 0.3) is 0 Å². The van der Waals surface area contributed by atoms with Crippen LogP contribution in [0.5, 0.6) is 5.75 Å². The van der Waals surface area contributed by atoms with Gasteiger partial charge in [0.05, 0.1) is 18.1 Å². The number of hydrogen-bond acceptors (Lipinski definition) is 3. The third kappa shape index (κ3) is 3.57. The molecule has 1 N–H and O–H groups in total. The summed E-state index contributed by atoms with van der Waals surface area (Å²) < 4.78 is 28.7. The van der Waals surface area contributed by atoms with E-state index in [-0.39, 0.29) is 28.3 Å². The van der Waals surface area contributed by atoms with Crippen molar-refractivity contribution in [3.05, 3.63) is 28.8 Å². The van der Waals surface area contributed by atoms with Gasteiger partial charge in [0.2, 0.25) is 0 Å². The molecule has 0 fully saturated rings. The molecule has 0 aliphatic heterocycles. The molecule has 0 spiro atoms. The van der Waals surface area contributed by atoms with Crippen molar-refractivity contribution in [3.8, 4) is 11.8 Å². The minimum absolute atomic E-state index is 0.0526. The molecule has 0 unspecified atom stereocenters. The zero-order valence-corrected chi connectivity index (χ0v) is 9.75. The average Bonchev–Trinajstić information content (AvgIpc) is 2.29. The maximum atomic E-state index is 12.2. The number of carboxylic acid groups (broad SMARTS) is 1. The van der Waals surface area contributed by atoms with Gasteiger partial charge >= 0.3 is 12.6 Å². The Morgan fingerprint density at radius 2 is 2.22 bits per heavy atom. The first kappa shape index (κ1) is 14.2. The lowest BCUT2D eigenvalue weighted by molar-refractivity contribution is -0.136. The van der Waals surface area contributed by atoms with Crippen molar-refractivity contribution in [1.82, 2.24) is 0 Å². The van der Waals surface area contributed by atoms with Gasteiger partial charge in [-0.05, 0) is 17.7 Å². The van der Waals surface area contributed by atoms with Gasteiger partial charge < -0.3 is 9.84 Å². The predicted octanol–water partition coefficient (Wildman–Crippen LogP) is 2.53. The molecular weight excluding hydrogens is 268 g/mol. The molecule has 0 saturated carbocycles. The van der Waals surface area contributed by atoms with Gasteiger partial charge in [0.1, 0.15) is 5.75 Å². The van der Waals surface area contributed by atoms with Crippen molar-refractivity contribution in [2.24, 2.45) is 0 Å². The number of rotatable bonds is 5. The highest BCUT2D eigenvalue weighted by Crippen LogP contribution is 2.28. The van der Waals surface area contributed by atoms with Crippen LogP contribution in [0.1, 0.15) is 16.7 Å². The van der Waals surface area contributed by atoms with Gasteiger partial charge in [0, 0.05) is 11.4 Å². The number of nitriles is 1. The number of halogens is 3. The van der Waals surface area contributed by atoms with E-state index >= 15 is 0 Å². The minimum atomic E-state index is -3.10. The number of benzene rings is 1. The molecule has 0 aliphatic rings. The monoisotopic (exact) mass is 275 g/mol. The van der Waals surface area contributed by atoms with E-state index in [4.69, 9.17) is 22.0 Å². The minimum Gasteiger partial charge on any atom is -0.481 e. The van der Waals surface area contributed by atoms with Crippen molar-refractivity contribution in [1.29, 1.82) is 5.26 Å². The Balaban J connectivity index is 3.32. The second kappa shape index (κ2) is 6.17. The van der Waals surface area contributed by atoms with Crippen LogP contribution in [0, 0.1) is 11.3 Å². The van der Waals surface area contributed by atoms with E-state index in [9.17, 15) is 13.6 Å². The number of nitrogens with zero attached hydrogens (tertiary/aromatic N) is 1. The second-order valence-corrected chi connectivity index (χ2v) is 3.57. The molecule has 0 radical (unpaired) electrons. The third-order valence-corrected chi connectivity index (χ3v) is 2.41. The van der Waals surface area contributed by atoms with Crippen LogP contribution in [-0.2, 0) is 17.1 Å². The summed E-state index contributed by atoms with van der Waals surface area (Å²) in [5.74, 6) is -1.63. The van der Waals surface area contributed by atoms with E-state index in [2.05, 4.69) is 4.74 Å². The first-order valence-electron chi connectivity index (χ1n) is 4.76. The third-order valence-electron chi connectivity index (χ3n) is 2.12. The van der Waals surface area contributed by atoms with E-state index in [0.29, 0.717) is 0 Å². The van der Waals surface area contributed by atoms with E-state index in [1.54, 1.807) is 6.07 Å². The Kier molecular flexibility index (Phi) is 4.86. The highest BCUT2D eigenvalue weighted by molar-refractivity contribution is 6.17. The van der Waals surface area contributed by atoms with Crippen molar-refractivity contribution >= 4 is 17.6 Å². The number of aliphatic carboxylic acids is 1. The molecule has 4 nitrogen and oxygen atoms in total. The first-order chi connectivity index (χ1) is 8.47. The predicted molar refractivity (Wildman–Crippen MR) is 58.7 cm³/mol. The van der Waals surface area contributed by atoms with Crippen LogP contribution in [0.15, 0.2) is 12.1 Å². The quantitative estimate of drug-likeness (QED) is 0.838. The molecule has 18 heavy (non-hydrogen) atoms. The molecular formula is C11H8ClF2NO3. The summed E-state index contributed by atoms with van der Waals surface area (Å²) in [5.41, 5.74) is 0.418. The fraction of sp³-hybridized carbons (Fsp3) is 0.273. The Bertz CT molecular complexity index is 500. The smallest absolute Gasteiger partial charge is 0.387 e. The van der Waals surface area contributed by atoms with Gasteiger partial charge in [-0.3, -0.25) is 4.79 Å². The number of hydrogen-bond donors (Lipinski definition) is 1. The van der Waals surface area contributed by atoms with Crippen LogP contribution in [-0.4, -0.2) is 17.7 Å². The molecule has 1 rings (SSSR count). The average molecular weight is 276 g/mol. The first-order valence-corrected chi connectivity index (χ1v) is 5.29. The number of carbonyl (C=O) groups is 1. The van der Waals surface area contributed by atoms with Gasteiger partial charge in [-0.15, -0.1) is 11.6 Å². The van der Waals surface area contributed by atoms with Crippen molar-refractivity contribution in [2.45, 2.75) is 18.9 Å². The summed E-state index contributed by atoms with van der Waals surface area (Å²) in [4.78, 5) is 10.7. The van der Waals surface area contributed by atoms with Gasteiger partial charge in [-0.1, -0.05) is 0 Å². The summed E-state index contributed by atoms with van der Waals surface area (Å²) in [6.07, 6.45) is -0.504. The molecule has 0 amide bonds. The number of ether oxygens (including phenoxy) is 1. The fourth-order valence-corrected chi connectivity index (χ4v) is 1.68. The summed E-state index contributed by atoms with van der Waals surface area (Å²) in [6, 6.07) is 4.19. The molecule has 0 saturated heterocycles. The summed E-state index contributed by atoms with van der Waals surface area (Å²) in [5, 5.41) is 17.5. The molecule has 96 valence electrons. The van der Waals surface area contributed by atoms with Crippen molar-refractivity contribution in [2.75, 3.05) is 0 Å². The Morgan fingerprint density at radius 3 is 2.67 bits per heavy atom.